The number of rotatable bonds is 5. The van der Waals surface area contributed by atoms with Crippen LogP contribution in [0.15, 0.2) is 48.8 Å². The highest BCUT2D eigenvalue weighted by Gasteiger charge is 2.34. The van der Waals surface area contributed by atoms with Gasteiger partial charge in [-0.3, -0.25) is 4.90 Å². The third-order valence-corrected chi connectivity index (χ3v) is 8.40. The van der Waals surface area contributed by atoms with Gasteiger partial charge >= 0.3 is 0 Å². The summed E-state index contributed by atoms with van der Waals surface area (Å²) in [6, 6.07) is 12.7. The molecule has 2 aromatic carbocycles. The van der Waals surface area contributed by atoms with E-state index < -0.39 is 9.84 Å². The zero-order chi connectivity index (χ0) is 23.0. The number of hydrogen-bond donors (Lipinski definition) is 1. The third-order valence-electron chi connectivity index (χ3n) is 6.65. The molecule has 2 aliphatic rings. The van der Waals surface area contributed by atoms with Gasteiger partial charge in [0.2, 0.25) is 5.88 Å². The van der Waals surface area contributed by atoms with Crippen LogP contribution in [0.4, 0.5) is 11.4 Å². The van der Waals surface area contributed by atoms with Crippen molar-refractivity contribution in [3.63, 3.8) is 0 Å². The number of ether oxygens (including phenoxy) is 1. The predicted molar refractivity (Wildman–Crippen MR) is 130 cm³/mol. The molecule has 5 rings (SSSR count). The number of benzene rings is 2. The van der Waals surface area contributed by atoms with Gasteiger partial charge in [-0.25, -0.2) is 18.4 Å². The Morgan fingerprint density at radius 3 is 2.76 bits per heavy atom. The summed E-state index contributed by atoms with van der Waals surface area (Å²) in [6.07, 6.45) is 5.00. The first-order chi connectivity index (χ1) is 15.9. The fourth-order valence-corrected chi connectivity index (χ4v) is 6.58. The average molecular weight is 465 g/mol. The van der Waals surface area contributed by atoms with Crippen molar-refractivity contribution in [3.05, 3.63) is 65.5 Å². The molecule has 0 spiro atoms. The number of hydrogen-bond acceptors (Lipinski definition) is 7. The topological polar surface area (TPSA) is 84.4 Å². The van der Waals surface area contributed by atoms with E-state index in [-0.39, 0.29) is 6.04 Å². The zero-order valence-corrected chi connectivity index (χ0v) is 19.7. The molecule has 33 heavy (non-hydrogen) atoms. The maximum Gasteiger partial charge on any atom is 0.232 e. The van der Waals surface area contributed by atoms with Crippen LogP contribution < -0.4 is 10.1 Å². The van der Waals surface area contributed by atoms with E-state index in [4.69, 9.17) is 4.74 Å². The van der Waals surface area contributed by atoms with Crippen LogP contribution in [0.1, 0.15) is 23.1 Å². The Balaban J connectivity index is 1.37. The summed E-state index contributed by atoms with van der Waals surface area (Å²) in [5.74, 6) is 1.10. The molecule has 3 aromatic rings. The molecule has 0 radical (unpaired) electrons. The second kappa shape index (κ2) is 8.76. The molecule has 0 amide bonds. The van der Waals surface area contributed by atoms with Gasteiger partial charge in [0.15, 0.2) is 9.84 Å². The van der Waals surface area contributed by atoms with Gasteiger partial charge in [-0.1, -0.05) is 18.2 Å². The van der Waals surface area contributed by atoms with Gasteiger partial charge in [0.1, 0.15) is 0 Å². The van der Waals surface area contributed by atoms with E-state index in [9.17, 15) is 8.42 Å². The lowest BCUT2D eigenvalue weighted by Crippen LogP contribution is -2.40. The van der Waals surface area contributed by atoms with Crippen LogP contribution in [-0.2, 0) is 22.8 Å². The number of anilines is 2. The van der Waals surface area contributed by atoms with Crippen molar-refractivity contribution in [2.24, 2.45) is 0 Å². The monoisotopic (exact) mass is 464 g/mol. The Hall–Kier alpha value is -2.97. The van der Waals surface area contributed by atoms with Crippen LogP contribution >= 0.6 is 0 Å². The average Bonchev–Trinajstić information content (AvgIpc) is 3.20. The first-order valence-electron chi connectivity index (χ1n) is 11.2. The SMILES string of the molecule is COc1cnc(-c2cc(Nc3cccc4c3CCN(C3CCS(=O)(=O)C3)C4)ccc2C)cn1. The molecule has 7 nitrogen and oxygen atoms in total. The van der Waals surface area contributed by atoms with Crippen molar-refractivity contribution < 1.29 is 13.2 Å². The van der Waals surface area contributed by atoms with Gasteiger partial charge in [-0.2, -0.15) is 0 Å². The van der Waals surface area contributed by atoms with Crippen LogP contribution in [0.2, 0.25) is 0 Å². The normalized spacial score (nSPS) is 19.8. The summed E-state index contributed by atoms with van der Waals surface area (Å²) in [5.41, 5.74) is 7.61. The summed E-state index contributed by atoms with van der Waals surface area (Å²) < 4.78 is 29.0. The number of fused-ring (bicyclic) bond motifs is 1. The van der Waals surface area contributed by atoms with Crippen LogP contribution in [0.3, 0.4) is 0 Å². The van der Waals surface area contributed by atoms with E-state index in [1.165, 1.54) is 11.1 Å². The first-order valence-corrected chi connectivity index (χ1v) is 13.0. The highest BCUT2D eigenvalue weighted by Crippen LogP contribution is 2.33. The Morgan fingerprint density at radius 2 is 2.03 bits per heavy atom. The lowest BCUT2D eigenvalue weighted by Gasteiger charge is -2.34. The summed E-state index contributed by atoms with van der Waals surface area (Å²) in [4.78, 5) is 11.1. The molecule has 3 heterocycles. The Morgan fingerprint density at radius 1 is 1.15 bits per heavy atom. The maximum atomic E-state index is 11.9. The highest BCUT2D eigenvalue weighted by molar-refractivity contribution is 7.91. The van der Waals surface area contributed by atoms with E-state index in [0.717, 1.165) is 54.1 Å². The molecule has 1 fully saturated rings. The van der Waals surface area contributed by atoms with Crippen molar-refractivity contribution in [1.29, 1.82) is 0 Å². The molecule has 8 heteroatoms. The molecular formula is C25H28N4O3S. The zero-order valence-electron chi connectivity index (χ0n) is 18.9. The molecule has 2 aliphatic heterocycles. The minimum Gasteiger partial charge on any atom is -0.480 e. The third kappa shape index (κ3) is 4.58. The van der Waals surface area contributed by atoms with Crippen molar-refractivity contribution in [2.45, 2.75) is 32.4 Å². The molecular weight excluding hydrogens is 436 g/mol. The molecule has 1 saturated heterocycles. The van der Waals surface area contributed by atoms with Gasteiger partial charge in [-0.05, 0) is 54.7 Å². The molecule has 0 saturated carbocycles. The smallest absolute Gasteiger partial charge is 0.232 e. The number of nitrogens with zero attached hydrogens (tertiary/aromatic N) is 3. The largest absolute Gasteiger partial charge is 0.480 e. The number of sulfone groups is 1. The number of nitrogens with one attached hydrogen (secondary N) is 1. The van der Waals surface area contributed by atoms with Gasteiger partial charge in [0, 0.05) is 36.1 Å². The summed E-state index contributed by atoms with van der Waals surface area (Å²) in [6.45, 7) is 3.74. The molecule has 172 valence electrons. The second-order valence-electron chi connectivity index (χ2n) is 8.82. The fraction of sp³-hybridized carbons (Fsp3) is 0.360. The van der Waals surface area contributed by atoms with Gasteiger partial charge in [0.05, 0.1) is 36.7 Å². The summed E-state index contributed by atoms with van der Waals surface area (Å²) in [7, 11) is -1.30. The lowest BCUT2D eigenvalue weighted by molar-refractivity contribution is 0.194. The van der Waals surface area contributed by atoms with E-state index in [1.54, 1.807) is 19.5 Å². The van der Waals surface area contributed by atoms with E-state index in [2.05, 4.69) is 63.5 Å². The Bertz CT molecular complexity index is 1280. The van der Waals surface area contributed by atoms with Crippen LogP contribution in [-0.4, -0.2) is 54.5 Å². The number of aryl methyl sites for hydroxylation is 1. The maximum absolute atomic E-state index is 11.9. The first kappa shape index (κ1) is 21.9. The fourth-order valence-electron chi connectivity index (χ4n) is 4.82. The molecule has 1 aromatic heterocycles. The number of aromatic nitrogens is 2. The molecule has 1 N–H and O–H groups in total. The number of methoxy groups -OCH3 is 1. The lowest BCUT2D eigenvalue weighted by atomic mass is 9.96. The van der Waals surface area contributed by atoms with Crippen molar-refractivity contribution in [1.82, 2.24) is 14.9 Å². The minimum atomic E-state index is -2.88. The molecule has 0 bridgehead atoms. The van der Waals surface area contributed by atoms with E-state index >= 15 is 0 Å². The van der Waals surface area contributed by atoms with Gasteiger partial charge in [-0.15, -0.1) is 0 Å². The van der Waals surface area contributed by atoms with Crippen LogP contribution in [0.5, 0.6) is 5.88 Å². The summed E-state index contributed by atoms with van der Waals surface area (Å²) >= 11 is 0. The van der Waals surface area contributed by atoms with Crippen LogP contribution in [0.25, 0.3) is 11.3 Å². The second-order valence-corrected chi connectivity index (χ2v) is 11.0. The van der Waals surface area contributed by atoms with Gasteiger partial charge < -0.3 is 10.1 Å². The molecule has 0 aliphatic carbocycles. The highest BCUT2D eigenvalue weighted by atomic mass is 32.2. The molecule has 1 atom stereocenters. The Labute approximate surface area is 194 Å². The summed E-state index contributed by atoms with van der Waals surface area (Å²) in [5, 5.41) is 3.60. The van der Waals surface area contributed by atoms with Crippen LogP contribution in [0, 0.1) is 6.92 Å². The minimum absolute atomic E-state index is 0.144. The standard InChI is InChI=1S/C25H28N4O3S/c1-17-6-7-19(12-22(17)24-13-27-25(32-2)14-26-24)28-23-5-3-4-18-15-29(10-8-21(18)23)20-9-11-33(30,31)16-20/h3-7,12-14,20,28H,8-11,15-16H2,1-2H3. The van der Waals surface area contributed by atoms with Crippen molar-refractivity contribution >= 4 is 21.2 Å². The van der Waals surface area contributed by atoms with Crippen molar-refractivity contribution in [2.75, 3.05) is 30.5 Å². The predicted octanol–water partition coefficient (Wildman–Crippen LogP) is 3.75. The van der Waals surface area contributed by atoms with E-state index in [1.807, 2.05) is 0 Å². The van der Waals surface area contributed by atoms with Crippen molar-refractivity contribution in [3.8, 4) is 17.1 Å². The Kier molecular flexibility index (Phi) is 5.80. The quantitative estimate of drug-likeness (QED) is 0.616. The van der Waals surface area contributed by atoms with Gasteiger partial charge in [0.25, 0.3) is 0 Å². The molecule has 1 unspecified atom stereocenters. The van der Waals surface area contributed by atoms with E-state index in [0.29, 0.717) is 17.4 Å².